The van der Waals surface area contributed by atoms with Crippen molar-refractivity contribution in [1.29, 1.82) is 0 Å². The number of hydrogen-bond acceptors (Lipinski definition) is 10. The third kappa shape index (κ3) is 4.68. The van der Waals surface area contributed by atoms with Gasteiger partial charge >= 0.3 is 17.8 Å². The van der Waals surface area contributed by atoms with Crippen LogP contribution in [0.5, 0.6) is 0 Å². The predicted molar refractivity (Wildman–Crippen MR) is 158 cm³/mol. The molecule has 6 aliphatic rings. The second kappa shape index (κ2) is 11.3. The molecule has 1 aromatic rings. The summed E-state index contributed by atoms with van der Waals surface area (Å²) in [6, 6.07) is 6.32. The molecule has 7 rings (SSSR count). The molecule has 5 unspecified atom stereocenters. The number of morpholine rings is 1. The van der Waals surface area contributed by atoms with E-state index in [4.69, 9.17) is 18.9 Å². The third-order valence-electron chi connectivity index (χ3n) is 9.40. The van der Waals surface area contributed by atoms with Gasteiger partial charge in [-0.3, -0.25) is 9.69 Å². The fourth-order valence-electron chi connectivity index (χ4n) is 7.24. The number of rotatable bonds is 4. The second-order valence-corrected chi connectivity index (χ2v) is 12.1. The van der Waals surface area contributed by atoms with Crippen molar-refractivity contribution < 1.29 is 51.8 Å². The lowest BCUT2D eigenvalue weighted by Gasteiger charge is -2.43. The Kier molecular flexibility index (Phi) is 7.41. The number of benzene rings is 1. The molecule has 1 aliphatic carbocycles. The highest BCUT2D eigenvalue weighted by Crippen LogP contribution is 2.48. The Morgan fingerprint density at radius 3 is 2.87 bits per heavy atom. The molecule has 244 valence electrons. The fourth-order valence-corrected chi connectivity index (χ4v) is 7.24. The number of aliphatic hydroxyl groups excluding tert-OH is 1. The van der Waals surface area contributed by atoms with E-state index in [0.717, 1.165) is 18.4 Å². The molecule has 1 amide bonds. The number of carbonyl (C=O) groups excluding carboxylic acids is 2. The van der Waals surface area contributed by atoms with Crippen LogP contribution in [0.1, 0.15) is 19.4 Å². The Morgan fingerprint density at radius 1 is 1.26 bits per heavy atom. The van der Waals surface area contributed by atoms with Crippen molar-refractivity contribution in [2.75, 3.05) is 51.7 Å². The Balaban J connectivity index is 1.40. The Bertz CT molecular complexity index is 1650. The molecule has 0 saturated carbocycles. The zero-order valence-electron chi connectivity index (χ0n) is 25.6. The topological polar surface area (TPSA) is 122 Å². The number of hydrazine groups is 1. The zero-order valence-corrected chi connectivity index (χ0v) is 25.6. The number of para-hydroxylation sites is 1. The van der Waals surface area contributed by atoms with Gasteiger partial charge in [0, 0.05) is 24.2 Å². The van der Waals surface area contributed by atoms with Crippen molar-refractivity contribution in [3.8, 4) is 0 Å². The van der Waals surface area contributed by atoms with Gasteiger partial charge in [-0.1, -0.05) is 22.9 Å². The van der Waals surface area contributed by atoms with E-state index in [1.54, 1.807) is 6.92 Å². The highest BCUT2D eigenvalue weighted by Gasteiger charge is 2.57. The van der Waals surface area contributed by atoms with Crippen LogP contribution in [0.3, 0.4) is 0 Å². The van der Waals surface area contributed by atoms with E-state index in [-0.39, 0.29) is 42.6 Å². The number of fused-ring (bicyclic) bond motifs is 5. The summed E-state index contributed by atoms with van der Waals surface area (Å²) in [6.45, 7) is 3.83. The van der Waals surface area contributed by atoms with Gasteiger partial charge in [-0.25, -0.2) is 13.6 Å². The molecule has 14 heteroatoms. The van der Waals surface area contributed by atoms with Crippen LogP contribution in [0.2, 0.25) is 0 Å². The summed E-state index contributed by atoms with van der Waals surface area (Å²) >= 11 is 0. The minimum Gasteiger partial charge on any atom is -0.508 e. The summed E-state index contributed by atoms with van der Waals surface area (Å²) in [5.74, 6) is -1.55. The summed E-state index contributed by atoms with van der Waals surface area (Å²) in [7, 11) is 1.13. The van der Waals surface area contributed by atoms with E-state index in [1.165, 1.54) is 28.8 Å². The average molecular weight is 642 g/mol. The van der Waals surface area contributed by atoms with Gasteiger partial charge in [0.15, 0.2) is 17.6 Å². The van der Waals surface area contributed by atoms with Gasteiger partial charge in [-0.15, -0.1) is 5.43 Å². The summed E-state index contributed by atoms with van der Waals surface area (Å²) < 4.78 is 61.0. The maximum atomic E-state index is 16.6. The molecule has 1 aromatic carbocycles. The monoisotopic (exact) mass is 641 g/mol. The molecule has 2 N–H and O–H groups in total. The number of aliphatic hydroxyl groups is 1. The quantitative estimate of drug-likeness (QED) is 0.289. The first-order valence-electron chi connectivity index (χ1n) is 15.2. The SMILES string of the molecule is COC(=O)OCOC1=C(O)C(C)C(C2=CC(C)(F)C(F)C3=C2Cc2ccccc2N2CCOCC32)[N+]2=C1C(=O)N1CCOC=C1N2. The van der Waals surface area contributed by atoms with E-state index in [2.05, 4.69) is 15.1 Å². The Morgan fingerprint density at radius 2 is 2.07 bits per heavy atom. The Hall–Kier alpha value is -4.59. The van der Waals surface area contributed by atoms with Crippen molar-refractivity contribution in [3.05, 3.63) is 76.2 Å². The largest absolute Gasteiger partial charge is 0.510 e. The van der Waals surface area contributed by atoms with Gasteiger partial charge in [0.2, 0.25) is 24.4 Å². The van der Waals surface area contributed by atoms with Crippen molar-refractivity contribution in [3.63, 3.8) is 0 Å². The van der Waals surface area contributed by atoms with E-state index >= 15 is 8.78 Å². The van der Waals surface area contributed by atoms with E-state index in [9.17, 15) is 14.7 Å². The van der Waals surface area contributed by atoms with Gasteiger partial charge in [0.1, 0.15) is 12.9 Å². The van der Waals surface area contributed by atoms with Gasteiger partial charge in [-0.2, -0.15) is 0 Å². The van der Waals surface area contributed by atoms with Crippen LogP contribution in [0.25, 0.3) is 0 Å². The minimum atomic E-state index is -2.42. The first kappa shape index (κ1) is 30.1. The number of ether oxygens (including phenoxy) is 5. The normalized spacial score (nSPS) is 30.3. The third-order valence-corrected chi connectivity index (χ3v) is 9.40. The van der Waals surface area contributed by atoms with E-state index in [1.807, 2.05) is 24.3 Å². The zero-order chi connectivity index (χ0) is 32.3. The molecule has 5 aliphatic heterocycles. The van der Waals surface area contributed by atoms with Crippen LogP contribution in [-0.2, 0) is 34.9 Å². The van der Waals surface area contributed by atoms with E-state index < -0.39 is 48.7 Å². The number of nitrogens with one attached hydrogen (secondary N) is 1. The first-order valence-corrected chi connectivity index (χ1v) is 15.2. The molecule has 46 heavy (non-hydrogen) atoms. The summed E-state index contributed by atoms with van der Waals surface area (Å²) in [4.78, 5) is 29.2. The number of nitrogens with zero attached hydrogens (tertiary/aromatic N) is 3. The number of halogens is 2. The Labute approximate surface area is 263 Å². The second-order valence-electron chi connectivity index (χ2n) is 12.1. The van der Waals surface area contributed by atoms with Crippen LogP contribution in [0, 0.1) is 5.92 Å². The predicted octanol–water partition coefficient (Wildman–Crippen LogP) is 2.93. The van der Waals surface area contributed by atoms with Crippen molar-refractivity contribution in [1.82, 2.24) is 10.3 Å². The number of anilines is 1. The van der Waals surface area contributed by atoms with Gasteiger partial charge in [0.25, 0.3) is 0 Å². The molecular weight excluding hydrogens is 606 g/mol. The summed E-state index contributed by atoms with van der Waals surface area (Å²) in [6.07, 6.45) is 0.00599. The van der Waals surface area contributed by atoms with Gasteiger partial charge in [0.05, 0.1) is 38.8 Å². The molecule has 1 fully saturated rings. The number of alkyl halides is 2. The molecule has 5 atom stereocenters. The van der Waals surface area contributed by atoms with Gasteiger partial charge in [-0.05, 0) is 42.7 Å². The number of methoxy groups -OCH3 is 1. The lowest BCUT2D eigenvalue weighted by molar-refractivity contribution is -0.618. The first-order chi connectivity index (χ1) is 22.1. The standard InChI is InChI=1S/C32H34F2N4O8/c1-17-25(38-26(28(27(17)39)45-16-46-31(41)42-3)30(40)37-9-11-44-15-23(37)35-38)20-13-32(2,34)29(33)24-19(20)12-18-6-4-5-7-21(18)36-8-10-43-14-22(24)36/h4-7,13,15,17,22,25,29,35H,8-12,14,16H2,1-3H3/p+1. The molecule has 12 nitrogen and oxygen atoms in total. The van der Waals surface area contributed by atoms with Crippen molar-refractivity contribution in [2.45, 2.75) is 44.2 Å². The van der Waals surface area contributed by atoms with Crippen molar-refractivity contribution >= 4 is 23.5 Å². The van der Waals surface area contributed by atoms with Crippen LogP contribution in [0.15, 0.2) is 70.7 Å². The molecule has 0 radical (unpaired) electrons. The highest BCUT2D eigenvalue weighted by molar-refractivity contribution is 6.43. The number of carbonyl (C=O) groups is 2. The van der Waals surface area contributed by atoms with Gasteiger partial charge < -0.3 is 33.7 Å². The maximum Gasteiger partial charge on any atom is 0.510 e. The average Bonchev–Trinajstić information content (AvgIpc) is 3.20. The lowest BCUT2D eigenvalue weighted by atomic mass is 9.73. The summed E-state index contributed by atoms with van der Waals surface area (Å²) in [5.41, 5.74) is 3.87. The molecular formula is C32H35F2N4O8+. The van der Waals surface area contributed by atoms with Crippen LogP contribution in [0.4, 0.5) is 19.3 Å². The molecule has 1 saturated heterocycles. The van der Waals surface area contributed by atoms with E-state index in [0.29, 0.717) is 36.5 Å². The number of hydrogen-bond donors (Lipinski definition) is 2. The number of amides is 1. The van der Waals surface area contributed by atoms with Crippen LogP contribution in [-0.4, -0.2) is 103 Å². The number of allylic oxidation sites excluding steroid dienone is 1. The van der Waals surface area contributed by atoms with Crippen molar-refractivity contribution in [2.24, 2.45) is 5.92 Å². The maximum absolute atomic E-state index is 16.6. The molecule has 0 spiro atoms. The molecule has 0 aromatic heterocycles. The lowest BCUT2D eigenvalue weighted by Crippen LogP contribution is -2.62. The highest BCUT2D eigenvalue weighted by atomic mass is 19.2. The van der Waals surface area contributed by atoms with Crippen LogP contribution >= 0.6 is 0 Å². The smallest absolute Gasteiger partial charge is 0.508 e. The van der Waals surface area contributed by atoms with Crippen LogP contribution < -0.4 is 10.3 Å². The molecule has 5 heterocycles. The fraction of sp³-hybridized carbons (Fsp3) is 0.469. The number of hydrazone groups is 1. The summed E-state index contributed by atoms with van der Waals surface area (Å²) in [5, 5.41) is 11.7. The minimum absolute atomic E-state index is 0.0873. The molecule has 0 bridgehead atoms.